The lowest BCUT2D eigenvalue weighted by Gasteiger charge is -2.21. The van der Waals surface area contributed by atoms with Crippen molar-refractivity contribution in [2.45, 2.75) is 120 Å². The number of rotatable bonds is 14. The first-order chi connectivity index (χ1) is 19.0. The lowest BCUT2D eigenvalue weighted by molar-refractivity contribution is 0.101. The van der Waals surface area contributed by atoms with E-state index in [4.69, 9.17) is 17.0 Å². The summed E-state index contributed by atoms with van der Waals surface area (Å²) in [6.07, 6.45) is 9.39. The number of ether oxygens (including phenoxy) is 1. The molecule has 2 unspecified atom stereocenters. The minimum absolute atomic E-state index is 0.0249. The van der Waals surface area contributed by atoms with E-state index in [1.807, 2.05) is 13.0 Å². The third-order valence-corrected chi connectivity index (χ3v) is 7.39. The number of nitrogens with zero attached hydrogens (tertiary/aromatic N) is 1. The van der Waals surface area contributed by atoms with Gasteiger partial charge in [-0.15, -0.1) is 0 Å². The van der Waals surface area contributed by atoms with Crippen LogP contribution in [-0.2, 0) is 0 Å². The molecule has 0 amide bonds. The topological polar surface area (TPSA) is 29.5 Å². The number of carbonyl (C=O) groups excluding carboxylic acids is 1. The van der Waals surface area contributed by atoms with Crippen molar-refractivity contribution in [1.82, 2.24) is 4.90 Å². The fourth-order valence-electron chi connectivity index (χ4n) is 4.21. The Balaban J connectivity index is 0.000000576. The van der Waals surface area contributed by atoms with Gasteiger partial charge in [0.1, 0.15) is 5.75 Å². The molecule has 0 N–H and O–H groups in total. The summed E-state index contributed by atoms with van der Waals surface area (Å²) in [6.45, 7) is 24.9. The summed E-state index contributed by atoms with van der Waals surface area (Å²) >= 11 is 4.84. The van der Waals surface area contributed by atoms with Crippen molar-refractivity contribution in [2.75, 3.05) is 19.6 Å². The summed E-state index contributed by atoms with van der Waals surface area (Å²) in [5, 5.41) is 0.453. The van der Waals surface area contributed by atoms with Gasteiger partial charge in [-0.2, -0.15) is 0 Å². The van der Waals surface area contributed by atoms with Crippen molar-refractivity contribution in [1.29, 1.82) is 0 Å². The number of aryl methyl sites for hydroxylation is 2. The SMILES string of the molecule is CC(=O)c1ccc(C)c(OC(C)=S)c1.CCC(C)c1ccc(C)cc1.CCCN(CCC)CCCCC(C)CC. The molecule has 0 aliphatic rings. The Morgan fingerprint density at radius 3 is 1.93 bits per heavy atom. The minimum atomic E-state index is 0.0249. The van der Waals surface area contributed by atoms with E-state index >= 15 is 0 Å². The van der Waals surface area contributed by atoms with Gasteiger partial charge in [-0.25, -0.2) is 0 Å². The summed E-state index contributed by atoms with van der Waals surface area (Å²) in [6, 6.07) is 14.2. The Hall–Kier alpha value is -2.04. The Kier molecular flexibility index (Phi) is 21.5. The zero-order valence-electron chi connectivity index (χ0n) is 27.4. The maximum absolute atomic E-state index is 11.1. The van der Waals surface area contributed by atoms with Gasteiger partial charge in [0.05, 0.1) is 0 Å². The maximum Gasteiger partial charge on any atom is 0.164 e. The molecule has 0 aliphatic carbocycles. The van der Waals surface area contributed by atoms with Crippen molar-refractivity contribution in [3.8, 4) is 5.75 Å². The molecule has 0 spiro atoms. The van der Waals surface area contributed by atoms with Crippen molar-refractivity contribution < 1.29 is 9.53 Å². The molecule has 0 saturated heterocycles. The smallest absolute Gasteiger partial charge is 0.164 e. The number of ketones is 1. The van der Waals surface area contributed by atoms with Crippen molar-refractivity contribution in [2.24, 2.45) is 5.92 Å². The molecule has 2 atom stereocenters. The first-order valence-corrected chi connectivity index (χ1v) is 16.0. The summed E-state index contributed by atoms with van der Waals surface area (Å²) in [5.74, 6) is 2.31. The molecule has 0 radical (unpaired) electrons. The predicted molar refractivity (Wildman–Crippen MR) is 180 cm³/mol. The molecule has 4 heteroatoms. The van der Waals surface area contributed by atoms with Crippen LogP contribution in [0.25, 0.3) is 0 Å². The number of hydrogen-bond acceptors (Lipinski definition) is 4. The average molecular weight is 570 g/mol. The third-order valence-electron chi connectivity index (χ3n) is 7.30. The fraction of sp³-hybridized carbons (Fsp3) is 0.611. The van der Waals surface area contributed by atoms with Gasteiger partial charge < -0.3 is 9.64 Å². The van der Waals surface area contributed by atoms with E-state index in [9.17, 15) is 4.79 Å². The Labute approximate surface area is 253 Å². The molecule has 40 heavy (non-hydrogen) atoms. The van der Waals surface area contributed by atoms with Crippen molar-refractivity contribution in [3.63, 3.8) is 0 Å². The first-order valence-electron chi connectivity index (χ1n) is 15.6. The van der Waals surface area contributed by atoms with Crippen LogP contribution >= 0.6 is 12.2 Å². The van der Waals surface area contributed by atoms with Crippen LogP contribution in [-0.4, -0.2) is 35.4 Å². The molecule has 0 bridgehead atoms. The van der Waals surface area contributed by atoms with Crippen LogP contribution < -0.4 is 4.74 Å². The van der Waals surface area contributed by atoms with E-state index in [0.29, 0.717) is 22.3 Å². The highest BCUT2D eigenvalue weighted by Gasteiger charge is 2.06. The summed E-state index contributed by atoms with van der Waals surface area (Å²) in [7, 11) is 0. The second-order valence-electron chi connectivity index (χ2n) is 11.2. The van der Waals surface area contributed by atoms with E-state index in [1.165, 1.54) is 82.6 Å². The highest BCUT2D eigenvalue weighted by Crippen LogP contribution is 2.20. The minimum Gasteiger partial charge on any atom is -0.450 e. The van der Waals surface area contributed by atoms with E-state index in [0.717, 1.165) is 11.5 Å². The van der Waals surface area contributed by atoms with Crippen LogP contribution in [0.15, 0.2) is 42.5 Å². The highest BCUT2D eigenvalue weighted by atomic mass is 32.1. The van der Waals surface area contributed by atoms with Crippen LogP contribution in [0.2, 0.25) is 0 Å². The van der Waals surface area contributed by atoms with Crippen LogP contribution in [0, 0.1) is 19.8 Å². The molecule has 0 aliphatic heterocycles. The summed E-state index contributed by atoms with van der Waals surface area (Å²) < 4.78 is 5.32. The molecular formula is C36H59NO2S. The second kappa shape index (κ2) is 22.6. The van der Waals surface area contributed by atoms with Gasteiger partial charge >= 0.3 is 0 Å². The van der Waals surface area contributed by atoms with Crippen LogP contribution in [0.3, 0.4) is 0 Å². The van der Waals surface area contributed by atoms with E-state index in [-0.39, 0.29) is 5.78 Å². The molecule has 2 aromatic carbocycles. The zero-order valence-corrected chi connectivity index (χ0v) is 28.3. The van der Waals surface area contributed by atoms with Crippen LogP contribution in [0.5, 0.6) is 5.75 Å². The Morgan fingerprint density at radius 1 is 0.850 bits per heavy atom. The summed E-state index contributed by atoms with van der Waals surface area (Å²) in [5.41, 5.74) is 4.41. The van der Waals surface area contributed by atoms with Gasteiger partial charge in [-0.1, -0.05) is 103 Å². The van der Waals surface area contributed by atoms with E-state index in [2.05, 4.69) is 77.6 Å². The normalized spacial score (nSPS) is 12.0. The molecule has 0 heterocycles. The monoisotopic (exact) mass is 569 g/mol. The number of thiocarbonyl (C=S) groups is 1. The molecule has 0 saturated carbocycles. The molecule has 3 nitrogen and oxygen atoms in total. The fourth-order valence-corrected chi connectivity index (χ4v) is 4.30. The standard InChI is InChI=1S/C14H31N.C11H12O2S.C11H16/c1-5-11-15(12-6-2)13-9-8-10-14(4)7-3;1-7-4-5-10(8(2)12)6-11(7)13-9(3)14;1-4-10(3)11-7-5-9(2)6-8-11/h14H,5-13H2,1-4H3;4-6H,1-3H3;5-8,10H,4H2,1-3H3. The quantitative estimate of drug-likeness (QED) is 0.129. The number of Topliss-reactive ketones (excluding diaryl/α,β-unsaturated/α-hetero) is 1. The van der Waals surface area contributed by atoms with Gasteiger partial charge in [-0.3, -0.25) is 4.79 Å². The van der Waals surface area contributed by atoms with Gasteiger partial charge in [0, 0.05) is 12.5 Å². The number of carbonyl (C=O) groups is 1. The van der Waals surface area contributed by atoms with Gasteiger partial charge in [-0.05, 0) is 107 Å². The van der Waals surface area contributed by atoms with Crippen molar-refractivity contribution >= 4 is 23.1 Å². The largest absolute Gasteiger partial charge is 0.450 e. The molecule has 0 aromatic heterocycles. The van der Waals surface area contributed by atoms with Crippen LogP contribution in [0.1, 0.15) is 133 Å². The van der Waals surface area contributed by atoms with E-state index in [1.54, 1.807) is 19.1 Å². The molecular weight excluding hydrogens is 510 g/mol. The lowest BCUT2D eigenvalue weighted by Crippen LogP contribution is -2.26. The first kappa shape index (κ1) is 38.0. The third kappa shape index (κ3) is 17.6. The highest BCUT2D eigenvalue weighted by molar-refractivity contribution is 7.80. The molecule has 0 fully saturated rings. The lowest BCUT2D eigenvalue weighted by atomic mass is 9.98. The van der Waals surface area contributed by atoms with Gasteiger partial charge in [0.25, 0.3) is 0 Å². The zero-order chi connectivity index (χ0) is 30.5. The average Bonchev–Trinajstić information content (AvgIpc) is 2.92. The van der Waals surface area contributed by atoms with Crippen molar-refractivity contribution in [3.05, 3.63) is 64.7 Å². The molecule has 2 rings (SSSR count). The second-order valence-corrected chi connectivity index (χ2v) is 11.8. The molecule has 226 valence electrons. The predicted octanol–water partition coefficient (Wildman–Crippen LogP) is 10.8. The van der Waals surface area contributed by atoms with E-state index < -0.39 is 0 Å². The number of hydrogen-bond donors (Lipinski definition) is 0. The maximum atomic E-state index is 11.1. The summed E-state index contributed by atoms with van der Waals surface area (Å²) in [4.78, 5) is 13.7. The number of unbranched alkanes of at least 4 members (excludes halogenated alkanes) is 1. The molecule has 2 aromatic rings. The number of benzene rings is 2. The van der Waals surface area contributed by atoms with Gasteiger partial charge in [0.2, 0.25) is 0 Å². The van der Waals surface area contributed by atoms with Gasteiger partial charge in [0.15, 0.2) is 10.8 Å². The van der Waals surface area contributed by atoms with Crippen LogP contribution in [0.4, 0.5) is 0 Å². The Morgan fingerprint density at radius 2 is 1.45 bits per heavy atom. The Bertz CT molecular complexity index is 948.